The molecule has 0 bridgehead atoms. The molecule has 1 aliphatic heterocycles. The fourth-order valence-electron chi connectivity index (χ4n) is 3.95. The van der Waals surface area contributed by atoms with Gasteiger partial charge in [-0.3, -0.25) is 9.36 Å². The number of nitrogens with one attached hydrogen (secondary N) is 1. The average molecular weight is 444 g/mol. The number of carbonyl (C=O) groups excluding carboxylic acids is 2. The maximum absolute atomic E-state index is 14.8. The summed E-state index contributed by atoms with van der Waals surface area (Å²) in [4.78, 5) is 30.4. The number of esters is 1. The summed E-state index contributed by atoms with van der Waals surface area (Å²) in [7, 11) is 1.33. The first-order valence-electron chi connectivity index (χ1n) is 10.5. The van der Waals surface area contributed by atoms with Crippen LogP contribution in [0.2, 0.25) is 0 Å². The lowest BCUT2D eigenvalue weighted by molar-refractivity contribution is -0.120. The first-order valence-corrected chi connectivity index (χ1v) is 10.5. The first-order chi connectivity index (χ1) is 16.0. The summed E-state index contributed by atoms with van der Waals surface area (Å²) >= 11 is 0. The Balaban J connectivity index is 1.35. The Morgan fingerprint density at radius 2 is 1.76 bits per heavy atom. The number of fused-ring (bicyclic) bond motifs is 1. The zero-order valence-electron chi connectivity index (χ0n) is 17.9. The van der Waals surface area contributed by atoms with Gasteiger partial charge in [0.25, 0.3) is 0 Å². The Kier molecular flexibility index (Phi) is 5.26. The van der Waals surface area contributed by atoms with Gasteiger partial charge in [0.05, 0.1) is 24.1 Å². The van der Waals surface area contributed by atoms with Gasteiger partial charge in [-0.1, -0.05) is 18.2 Å². The second-order valence-electron chi connectivity index (χ2n) is 7.91. The summed E-state index contributed by atoms with van der Waals surface area (Å²) in [6.45, 7) is 1.01. The zero-order chi connectivity index (χ0) is 22.9. The van der Waals surface area contributed by atoms with E-state index in [2.05, 4.69) is 10.3 Å². The summed E-state index contributed by atoms with van der Waals surface area (Å²) in [6, 6.07) is 19.4. The zero-order valence-corrected chi connectivity index (χ0v) is 17.9. The normalized spacial score (nSPS) is 13.6. The molecular weight excluding hydrogens is 423 g/mol. The minimum atomic E-state index is -0.426. The van der Waals surface area contributed by atoms with Gasteiger partial charge >= 0.3 is 5.97 Å². The third kappa shape index (κ3) is 3.91. The number of nitrogens with zero attached hydrogens (tertiary/aromatic N) is 3. The lowest BCUT2D eigenvalue weighted by Gasteiger charge is -2.40. The van der Waals surface area contributed by atoms with Crippen LogP contribution in [0.4, 0.5) is 15.8 Å². The van der Waals surface area contributed by atoms with Crippen LogP contribution in [0.5, 0.6) is 0 Å². The van der Waals surface area contributed by atoms with Crippen LogP contribution in [0.1, 0.15) is 10.4 Å². The molecule has 166 valence electrons. The standard InChI is InChI=1S/C25H21FN4O3/c1-33-25(32)16-7-9-19(10-8-16)30-15-27-23-21(26)11-20(12-22(23)30)29-13-17(14-29)24(31)28-18-5-3-2-4-6-18/h2-12,15,17H,13-14H2,1H3,(H,28,31). The number of anilines is 2. The second-order valence-corrected chi connectivity index (χ2v) is 7.91. The number of hydrogen-bond acceptors (Lipinski definition) is 5. The monoisotopic (exact) mass is 444 g/mol. The van der Waals surface area contributed by atoms with Gasteiger partial charge in [0.15, 0.2) is 5.82 Å². The summed E-state index contributed by atoms with van der Waals surface area (Å²) < 4.78 is 21.3. The largest absolute Gasteiger partial charge is 0.465 e. The van der Waals surface area contributed by atoms with Crippen molar-refractivity contribution in [3.8, 4) is 5.69 Å². The van der Waals surface area contributed by atoms with Crippen molar-refractivity contribution in [1.29, 1.82) is 0 Å². The fraction of sp³-hybridized carbons (Fsp3) is 0.160. The Bertz CT molecular complexity index is 1330. The van der Waals surface area contributed by atoms with Crippen molar-refractivity contribution in [3.05, 3.63) is 84.4 Å². The minimum absolute atomic E-state index is 0.0465. The summed E-state index contributed by atoms with van der Waals surface area (Å²) in [5.41, 5.74) is 3.48. The van der Waals surface area contributed by atoms with Crippen molar-refractivity contribution in [2.45, 2.75) is 0 Å². The molecule has 2 heterocycles. The van der Waals surface area contributed by atoms with Crippen molar-refractivity contribution < 1.29 is 18.7 Å². The van der Waals surface area contributed by atoms with Gasteiger partial charge in [-0.2, -0.15) is 0 Å². The van der Waals surface area contributed by atoms with E-state index in [1.165, 1.54) is 13.2 Å². The van der Waals surface area contributed by atoms with E-state index in [4.69, 9.17) is 4.74 Å². The predicted octanol–water partition coefficient (Wildman–Crippen LogP) is 4.03. The highest BCUT2D eigenvalue weighted by atomic mass is 19.1. The van der Waals surface area contributed by atoms with Crippen LogP contribution in [0, 0.1) is 11.7 Å². The molecule has 4 aromatic rings. The molecule has 7 nitrogen and oxygen atoms in total. The van der Waals surface area contributed by atoms with Crippen molar-refractivity contribution in [2.75, 3.05) is 30.4 Å². The molecule has 0 atom stereocenters. The molecule has 3 aromatic carbocycles. The van der Waals surface area contributed by atoms with E-state index in [1.807, 2.05) is 41.3 Å². The highest BCUT2D eigenvalue weighted by Crippen LogP contribution is 2.31. The molecule has 0 radical (unpaired) electrons. The molecule has 8 heteroatoms. The van der Waals surface area contributed by atoms with Crippen LogP contribution in [0.25, 0.3) is 16.7 Å². The third-order valence-electron chi connectivity index (χ3n) is 5.82. The van der Waals surface area contributed by atoms with Crippen molar-refractivity contribution in [1.82, 2.24) is 9.55 Å². The number of rotatable bonds is 5. The molecule has 33 heavy (non-hydrogen) atoms. The molecule has 0 spiro atoms. The molecule has 1 fully saturated rings. The van der Waals surface area contributed by atoms with Gasteiger partial charge in [0, 0.05) is 30.2 Å². The maximum atomic E-state index is 14.8. The molecule has 1 N–H and O–H groups in total. The minimum Gasteiger partial charge on any atom is -0.465 e. The maximum Gasteiger partial charge on any atom is 0.337 e. The third-order valence-corrected chi connectivity index (χ3v) is 5.82. The fourth-order valence-corrected chi connectivity index (χ4v) is 3.95. The number of para-hydroxylation sites is 1. The van der Waals surface area contributed by atoms with E-state index >= 15 is 0 Å². The van der Waals surface area contributed by atoms with E-state index in [-0.39, 0.29) is 17.3 Å². The molecule has 0 unspecified atom stereocenters. The number of halogens is 1. The van der Waals surface area contributed by atoms with Crippen molar-refractivity contribution in [2.24, 2.45) is 5.92 Å². The highest BCUT2D eigenvalue weighted by molar-refractivity contribution is 5.94. The SMILES string of the molecule is COC(=O)c1ccc(-n2cnc3c(F)cc(N4CC(C(=O)Nc5ccccc5)C4)cc32)cc1. The second kappa shape index (κ2) is 8.38. The molecular formula is C25H21FN4O3. The van der Waals surface area contributed by atoms with Gasteiger partial charge in [-0.05, 0) is 48.5 Å². The first kappa shape index (κ1) is 20.7. The topological polar surface area (TPSA) is 76.5 Å². The quantitative estimate of drug-likeness (QED) is 0.471. The Hall–Kier alpha value is -4.20. The molecule has 1 aliphatic rings. The molecule has 1 saturated heterocycles. The van der Waals surface area contributed by atoms with E-state index in [1.54, 1.807) is 35.2 Å². The van der Waals surface area contributed by atoms with Gasteiger partial charge < -0.3 is 15.0 Å². The van der Waals surface area contributed by atoms with E-state index in [0.29, 0.717) is 29.9 Å². The predicted molar refractivity (Wildman–Crippen MR) is 123 cm³/mol. The Morgan fingerprint density at radius 3 is 2.45 bits per heavy atom. The van der Waals surface area contributed by atoms with Crippen molar-refractivity contribution >= 4 is 34.3 Å². The molecule has 0 saturated carbocycles. The smallest absolute Gasteiger partial charge is 0.337 e. The van der Waals surface area contributed by atoms with E-state index in [9.17, 15) is 14.0 Å². The number of amides is 1. The molecule has 1 aromatic heterocycles. The molecule has 0 aliphatic carbocycles. The number of benzene rings is 3. The van der Waals surface area contributed by atoms with Crippen LogP contribution in [0.3, 0.4) is 0 Å². The number of imidazole rings is 1. The van der Waals surface area contributed by atoms with Crippen LogP contribution in [-0.4, -0.2) is 41.6 Å². The van der Waals surface area contributed by atoms with Gasteiger partial charge in [-0.15, -0.1) is 0 Å². The Morgan fingerprint density at radius 1 is 1.03 bits per heavy atom. The van der Waals surface area contributed by atoms with Crippen LogP contribution in [-0.2, 0) is 9.53 Å². The van der Waals surface area contributed by atoms with Crippen LogP contribution < -0.4 is 10.2 Å². The van der Waals surface area contributed by atoms with Crippen LogP contribution >= 0.6 is 0 Å². The number of aromatic nitrogens is 2. The summed E-state index contributed by atoms with van der Waals surface area (Å²) in [6.07, 6.45) is 1.55. The number of hydrogen-bond donors (Lipinski definition) is 1. The highest BCUT2D eigenvalue weighted by Gasteiger charge is 2.33. The van der Waals surface area contributed by atoms with E-state index < -0.39 is 11.8 Å². The average Bonchev–Trinajstić information content (AvgIpc) is 3.23. The molecule has 1 amide bonds. The number of methoxy groups -OCH3 is 1. The molecule has 5 rings (SSSR count). The number of ether oxygens (including phenoxy) is 1. The van der Waals surface area contributed by atoms with Crippen molar-refractivity contribution in [3.63, 3.8) is 0 Å². The summed E-state index contributed by atoms with van der Waals surface area (Å²) in [5.74, 6) is -1.06. The van der Waals surface area contributed by atoms with E-state index in [0.717, 1.165) is 11.4 Å². The Labute approximate surface area is 189 Å². The van der Waals surface area contributed by atoms with Gasteiger partial charge in [0.2, 0.25) is 5.91 Å². The summed E-state index contributed by atoms with van der Waals surface area (Å²) in [5, 5.41) is 2.91. The van der Waals surface area contributed by atoms with Gasteiger partial charge in [0.1, 0.15) is 11.8 Å². The number of carbonyl (C=O) groups is 2. The van der Waals surface area contributed by atoms with Crippen LogP contribution in [0.15, 0.2) is 73.1 Å². The lowest BCUT2D eigenvalue weighted by atomic mass is 9.98. The lowest BCUT2D eigenvalue weighted by Crippen LogP contribution is -2.52. The van der Waals surface area contributed by atoms with Gasteiger partial charge in [-0.25, -0.2) is 14.2 Å².